The number of hydrogen-bond donors (Lipinski definition) is 3. The van der Waals surface area contributed by atoms with Crippen molar-refractivity contribution < 1.29 is 24.3 Å². The fourth-order valence-corrected chi connectivity index (χ4v) is 3.58. The van der Waals surface area contributed by atoms with Gasteiger partial charge < -0.3 is 14.9 Å². The van der Waals surface area contributed by atoms with Crippen LogP contribution in [-0.2, 0) is 14.8 Å². The first-order valence-electron chi connectivity index (χ1n) is 5.42. The summed E-state index contributed by atoms with van der Waals surface area (Å²) in [6.07, 6.45) is 0. The third-order valence-electron chi connectivity index (χ3n) is 3.09. The van der Waals surface area contributed by atoms with Gasteiger partial charge in [0.1, 0.15) is 0 Å². The molecule has 0 aliphatic carbocycles. The lowest BCUT2D eigenvalue weighted by Crippen LogP contribution is -2.40. The monoisotopic (exact) mass is 272 g/mol. The van der Waals surface area contributed by atoms with Crippen LogP contribution in [0.3, 0.4) is 0 Å². The van der Waals surface area contributed by atoms with Crippen molar-refractivity contribution in [2.24, 2.45) is 0 Å². The summed E-state index contributed by atoms with van der Waals surface area (Å²) in [5.74, 6) is -1.49. The quantitative estimate of drug-likeness (QED) is 0.728. The third kappa shape index (κ3) is 2.80. The van der Waals surface area contributed by atoms with E-state index in [2.05, 4.69) is 0 Å². The van der Waals surface area contributed by atoms with E-state index in [9.17, 15) is 19.1 Å². The molecule has 100 valence electrons. The Labute approximate surface area is 106 Å². The number of carboxylic acid groups (broad SMARTS) is 1. The largest absolute Gasteiger partial charge is 0.481 e. The summed E-state index contributed by atoms with van der Waals surface area (Å²) in [4.78, 5) is 29.7. The molecule has 1 aromatic carbocycles. The van der Waals surface area contributed by atoms with Crippen molar-refractivity contribution in [2.75, 3.05) is 0 Å². The number of hydrogen-bond acceptors (Lipinski definition) is 2. The second-order valence-corrected chi connectivity index (χ2v) is 6.56. The zero-order valence-electron chi connectivity index (χ0n) is 10.5. The highest BCUT2D eigenvalue weighted by molar-refractivity contribution is 7.53. The van der Waals surface area contributed by atoms with Crippen molar-refractivity contribution in [1.29, 1.82) is 0 Å². The van der Waals surface area contributed by atoms with E-state index in [4.69, 9.17) is 5.11 Å². The first-order chi connectivity index (χ1) is 8.08. The summed E-state index contributed by atoms with van der Waals surface area (Å²) >= 11 is 0. The summed E-state index contributed by atoms with van der Waals surface area (Å²) in [5, 5.41) is 9.10. The lowest BCUT2D eigenvalue weighted by Gasteiger charge is -2.33. The van der Waals surface area contributed by atoms with Gasteiger partial charge in [0.25, 0.3) is 0 Å². The van der Waals surface area contributed by atoms with Crippen LogP contribution in [0.4, 0.5) is 0 Å². The molecular formula is C12H17O5P. The number of aliphatic carboxylic acids is 1. The van der Waals surface area contributed by atoms with E-state index in [1.165, 1.54) is 13.8 Å². The maximum Gasteiger partial charge on any atom is 0.340 e. The van der Waals surface area contributed by atoms with Crippen molar-refractivity contribution in [3.05, 3.63) is 35.4 Å². The van der Waals surface area contributed by atoms with Gasteiger partial charge in [0, 0.05) is 5.41 Å². The van der Waals surface area contributed by atoms with Crippen molar-refractivity contribution >= 4 is 13.6 Å². The van der Waals surface area contributed by atoms with Gasteiger partial charge in [0.05, 0.1) is 0 Å². The van der Waals surface area contributed by atoms with Gasteiger partial charge in [0.2, 0.25) is 0 Å². The first-order valence-corrected chi connectivity index (χ1v) is 7.10. The van der Waals surface area contributed by atoms with Crippen LogP contribution in [0, 0.1) is 6.92 Å². The van der Waals surface area contributed by atoms with Crippen molar-refractivity contribution in [1.82, 2.24) is 0 Å². The Hall–Kier alpha value is -1.16. The number of carboxylic acids is 1. The number of carbonyl (C=O) groups is 1. The second-order valence-electron chi connectivity index (χ2n) is 4.87. The normalized spacial score (nSPS) is 14.3. The molecular weight excluding hydrogens is 255 g/mol. The second kappa shape index (κ2) is 4.84. The van der Waals surface area contributed by atoms with Gasteiger partial charge in [0.15, 0.2) is 5.66 Å². The maximum atomic E-state index is 11.4. The molecule has 0 heterocycles. The van der Waals surface area contributed by atoms with Crippen LogP contribution < -0.4 is 0 Å². The van der Waals surface area contributed by atoms with Gasteiger partial charge in [-0.15, -0.1) is 0 Å². The molecule has 0 amide bonds. The minimum absolute atomic E-state index is 0.626. The van der Waals surface area contributed by atoms with Crippen molar-refractivity contribution in [3.63, 3.8) is 0 Å². The molecule has 0 fully saturated rings. The average molecular weight is 272 g/mol. The van der Waals surface area contributed by atoms with E-state index in [0.717, 1.165) is 5.56 Å². The van der Waals surface area contributed by atoms with Crippen LogP contribution in [0.1, 0.15) is 25.0 Å². The minimum atomic E-state index is -4.74. The Morgan fingerprint density at radius 2 is 1.78 bits per heavy atom. The van der Waals surface area contributed by atoms with E-state index in [1.807, 2.05) is 0 Å². The lowest BCUT2D eigenvalue weighted by atomic mass is 9.79. The molecule has 1 unspecified atom stereocenters. The average Bonchev–Trinajstić information content (AvgIpc) is 2.13. The predicted molar refractivity (Wildman–Crippen MR) is 67.7 cm³/mol. The zero-order chi connectivity index (χ0) is 14.1. The maximum absolute atomic E-state index is 11.4. The SMILES string of the molecule is Cc1ccccc1C(C)(C)C(C(=O)O)P(=O)(O)O. The summed E-state index contributed by atoms with van der Waals surface area (Å²) < 4.78 is 11.4. The topological polar surface area (TPSA) is 94.8 Å². The fourth-order valence-electron chi connectivity index (χ4n) is 2.32. The molecule has 0 radical (unpaired) electrons. The molecule has 1 aromatic rings. The Bertz CT molecular complexity index is 503. The highest BCUT2D eigenvalue weighted by Gasteiger charge is 2.48. The molecule has 18 heavy (non-hydrogen) atoms. The smallest absolute Gasteiger partial charge is 0.340 e. The van der Waals surface area contributed by atoms with Crippen LogP contribution in [-0.4, -0.2) is 26.5 Å². The molecule has 1 atom stereocenters. The molecule has 0 saturated heterocycles. The van der Waals surface area contributed by atoms with Gasteiger partial charge in [-0.1, -0.05) is 38.1 Å². The van der Waals surface area contributed by atoms with Gasteiger partial charge in [-0.05, 0) is 18.1 Å². The Morgan fingerprint density at radius 1 is 1.28 bits per heavy atom. The highest BCUT2D eigenvalue weighted by atomic mass is 31.2. The standard InChI is InChI=1S/C12H17O5P/c1-8-6-4-5-7-9(8)12(2,3)10(11(13)14)18(15,16)17/h4-7,10H,1-3H3,(H,13,14)(H2,15,16,17). The molecule has 1 rings (SSSR count). The molecule has 0 spiro atoms. The lowest BCUT2D eigenvalue weighted by molar-refractivity contribution is -0.138. The van der Waals surface area contributed by atoms with E-state index < -0.39 is 24.6 Å². The number of rotatable bonds is 4. The summed E-state index contributed by atoms with van der Waals surface area (Å²) in [6, 6.07) is 7.00. The Morgan fingerprint density at radius 3 is 2.17 bits per heavy atom. The van der Waals surface area contributed by atoms with E-state index in [1.54, 1.807) is 31.2 Å². The summed E-state index contributed by atoms with van der Waals surface area (Å²) in [6.45, 7) is 4.86. The van der Waals surface area contributed by atoms with E-state index >= 15 is 0 Å². The summed E-state index contributed by atoms with van der Waals surface area (Å²) in [5.41, 5.74) is -1.48. The number of aryl methyl sites for hydroxylation is 1. The Kier molecular flexibility index (Phi) is 4.01. The van der Waals surface area contributed by atoms with Crippen LogP contribution in [0.2, 0.25) is 0 Å². The van der Waals surface area contributed by atoms with Crippen LogP contribution in [0.25, 0.3) is 0 Å². The highest BCUT2D eigenvalue weighted by Crippen LogP contribution is 2.51. The molecule has 0 aliphatic rings. The van der Waals surface area contributed by atoms with E-state index in [-0.39, 0.29) is 0 Å². The number of benzene rings is 1. The van der Waals surface area contributed by atoms with Gasteiger partial charge >= 0.3 is 13.6 Å². The van der Waals surface area contributed by atoms with Gasteiger partial charge in [-0.3, -0.25) is 9.36 Å². The predicted octanol–water partition coefficient (Wildman–Crippen LogP) is 1.90. The molecule has 0 saturated carbocycles. The molecule has 0 bridgehead atoms. The van der Waals surface area contributed by atoms with Crippen LogP contribution in [0.5, 0.6) is 0 Å². The molecule has 0 aromatic heterocycles. The molecule has 6 heteroatoms. The summed E-state index contributed by atoms with van der Waals surface area (Å²) in [7, 11) is -4.74. The van der Waals surface area contributed by atoms with Crippen LogP contribution in [0.15, 0.2) is 24.3 Å². The Balaban J connectivity index is 3.40. The molecule has 3 N–H and O–H groups in total. The van der Waals surface area contributed by atoms with Gasteiger partial charge in [-0.2, -0.15) is 0 Å². The van der Waals surface area contributed by atoms with E-state index in [0.29, 0.717) is 5.56 Å². The van der Waals surface area contributed by atoms with Crippen molar-refractivity contribution in [3.8, 4) is 0 Å². The van der Waals surface area contributed by atoms with Gasteiger partial charge in [-0.25, -0.2) is 0 Å². The zero-order valence-corrected chi connectivity index (χ0v) is 11.4. The molecule has 5 nitrogen and oxygen atoms in total. The van der Waals surface area contributed by atoms with Crippen LogP contribution >= 0.6 is 7.60 Å². The molecule has 0 aliphatic heterocycles. The third-order valence-corrected chi connectivity index (χ3v) is 4.63. The fraction of sp³-hybridized carbons (Fsp3) is 0.417. The minimum Gasteiger partial charge on any atom is -0.481 e. The van der Waals surface area contributed by atoms with Crippen molar-refractivity contribution in [2.45, 2.75) is 31.8 Å². The first kappa shape index (κ1) is 14.9.